The maximum atomic E-state index is 12.2. The summed E-state index contributed by atoms with van der Waals surface area (Å²) in [6.45, 7) is 3.80. The Morgan fingerprint density at radius 1 is 1.14 bits per heavy atom. The zero-order valence-electron chi connectivity index (χ0n) is 11.8. The number of likely N-dealkylation sites (tertiary alicyclic amines) is 1. The monoisotopic (exact) mass is 350 g/mol. The molecule has 2 rings (SSSR count). The lowest BCUT2D eigenvalue weighted by molar-refractivity contribution is 0.330. The van der Waals surface area contributed by atoms with Gasteiger partial charge in [0.2, 0.25) is 10.0 Å². The summed E-state index contributed by atoms with van der Waals surface area (Å²) in [4.78, 5) is 2.46. The van der Waals surface area contributed by atoms with E-state index >= 15 is 0 Å². The predicted molar refractivity (Wildman–Crippen MR) is 86.6 cm³/mol. The highest BCUT2D eigenvalue weighted by molar-refractivity contribution is 7.89. The molecule has 21 heavy (non-hydrogen) atoms. The van der Waals surface area contributed by atoms with Crippen LogP contribution < -0.4 is 4.72 Å². The molecule has 0 aliphatic carbocycles. The second-order valence-corrected chi connectivity index (χ2v) is 7.81. The van der Waals surface area contributed by atoms with Gasteiger partial charge in [0.1, 0.15) is 4.90 Å². The number of sulfonamides is 1. The summed E-state index contributed by atoms with van der Waals surface area (Å²) < 4.78 is 26.9. The van der Waals surface area contributed by atoms with E-state index in [0.717, 1.165) is 19.4 Å². The molecule has 1 saturated heterocycles. The first-order valence-electron chi connectivity index (χ1n) is 7.16. The van der Waals surface area contributed by atoms with E-state index in [2.05, 4.69) is 9.62 Å². The zero-order valence-corrected chi connectivity index (χ0v) is 14.1. The van der Waals surface area contributed by atoms with Gasteiger partial charge in [-0.2, -0.15) is 0 Å². The topological polar surface area (TPSA) is 49.4 Å². The summed E-state index contributed by atoms with van der Waals surface area (Å²) in [6, 6.07) is 4.43. The Morgan fingerprint density at radius 2 is 1.86 bits per heavy atom. The fraction of sp³-hybridized carbons (Fsp3) is 0.571. The predicted octanol–water partition coefficient (Wildman–Crippen LogP) is 3.15. The third-order valence-electron chi connectivity index (χ3n) is 3.57. The van der Waals surface area contributed by atoms with Crippen molar-refractivity contribution in [2.24, 2.45) is 0 Å². The van der Waals surface area contributed by atoms with Crippen LogP contribution in [0.1, 0.15) is 25.7 Å². The first-order valence-corrected chi connectivity index (χ1v) is 9.40. The number of nitrogens with one attached hydrogen (secondary N) is 1. The SMILES string of the molecule is O=S(=O)(NCCCCN1CCCC1)c1cc(Cl)ccc1Cl. The lowest BCUT2D eigenvalue weighted by atomic mass is 10.3. The molecule has 1 fully saturated rings. The maximum Gasteiger partial charge on any atom is 0.242 e. The molecule has 0 aromatic heterocycles. The van der Waals surface area contributed by atoms with Crippen LogP contribution in [-0.4, -0.2) is 39.5 Å². The van der Waals surface area contributed by atoms with Gasteiger partial charge in [-0.25, -0.2) is 13.1 Å². The molecule has 7 heteroatoms. The maximum absolute atomic E-state index is 12.2. The van der Waals surface area contributed by atoms with Crippen molar-refractivity contribution in [3.05, 3.63) is 28.2 Å². The quantitative estimate of drug-likeness (QED) is 0.768. The standard InChI is InChI=1S/C14H20Cl2N2O2S/c15-12-5-6-13(16)14(11-12)21(19,20)17-7-1-2-8-18-9-3-4-10-18/h5-6,11,17H,1-4,7-10H2. The van der Waals surface area contributed by atoms with Crippen LogP contribution >= 0.6 is 23.2 Å². The summed E-state index contributed by atoms with van der Waals surface area (Å²) in [5.41, 5.74) is 0. The van der Waals surface area contributed by atoms with Crippen molar-refractivity contribution in [2.45, 2.75) is 30.6 Å². The molecule has 0 unspecified atom stereocenters. The molecule has 4 nitrogen and oxygen atoms in total. The lowest BCUT2D eigenvalue weighted by Crippen LogP contribution is -2.26. The Kier molecular flexibility index (Phi) is 6.32. The number of nitrogens with zero attached hydrogens (tertiary/aromatic N) is 1. The highest BCUT2D eigenvalue weighted by Gasteiger charge is 2.18. The van der Waals surface area contributed by atoms with Crippen LogP contribution in [0.25, 0.3) is 0 Å². The third-order valence-corrected chi connectivity index (χ3v) is 5.75. The summed E-state index contributed by atoms with van der Waals surface area (Å²) in [5, 5.41) is 0.540. The molecular weight excluding hydrogens is 331 g/mol. The van der Waals surface area contributed by atoms with Gasteiger partial charge in [0.15, 0.2) is 0 Å². The molecule has 1 heterocycles. The van der Waals surface area contributed by atoms with Crippen LogP contribution in [0, 0.1) is 0 Å². The number of rotatable bonds is 7. The zero-order chi connectivity index (χ0) is 15.3. The van der Waals surface area contributed by atoms with Gasteiger partial charge < -0.3 is 4.90 Å². The average Bonchev–Trinajstić information content (AvgIpc) is 2.94. The molecule has 0 spiro atoms. The molecule has 0 radical (unpaired) electrons. The second kappa shape index (κ2) is 7.79. The van der Waals surface area contributed by atoms with Crippen LogP contribution in [0.3, 0.4) is 0 Å². The highest BCUT2D eigenvalue weighted by atomic mass is 35.5. The fourth-order valence-electron chi connectivity index (χ4n) is 2.43. The molecule has 1 aliphatic heterocycles. The van der Waals surface area contributed by atoms with Gasteiger partial charge in [-0.3, -0.25) is 0 Å². The largest absolute Gasteiger partial charge is 0.303 e. The first-order chi connectivity index (χ1) is 9.99. The van der Waals surface area contributed by atoms with E-state index < -0.39 is 10.0 Å². The van der Waals surface area contributed by atoms with E-state index in [1.54, 1.807) is 6.07 Å². The van der Waals surface area contributed by atoms with Crippen LogP contribution in [0.4, 0.5) is 0 Å². The Bertz CT molecular complexity index is 572. The number of unbranched alkanes of at least 4 members (excludes halogenated alkanes) is 1. The molecule has 118 valence electrons. The molecule has 0 amide bonds. The molecule has 0 atom stereocenters. The van der Waals surface area contributed by atoms with Gasteiger partial charge in [0, 0.05) is 11.6 Å². The smallest absolute Gasteiger partial charge is 0.242 e. The summed E-state index contributed by atoms with van der Waals surface area (Å²) in [5.74, 6) is 0. The van der Waals surface area contributed by atoms with E-state index in [-0.39, 0.29) is 9.92 Å². The van der Waals surface area contributed by atoms with Crippen LogP contribution in [0.5, 0.6) is 0 Å². The average molecular weight is 351 g/mol. The van der Waals surface area contributed by atoms with E-state index in [0.29, 0.717) is 11.6 Å². The summed E-state index contributed by atoms with van der Waals surface area (Å²) in [6.07, 6.45) is 4.36. The Balaban J connectivity index is 1.79. The van der Waals surface area contributed by atoms with Crippen molar-refractivity contribution >= 4 is 33.2 Å². The fourth-order valence-corrected chi connectivity index (χ4v) is 4.27. The van der Waals surface area contributed by atoms with Gasteiger partial charge in [0.25, 0.3) is 0 Å². The molecule has 1 aliphatic rings. The van der Waals surface area contributed by atoms with E-state index in [1.165, 1.54) is 38.1 Å². The lowest BCUT2D eigenvalue weighted by Gasteiger charge is -2.14. The van der Waals surface area contributed by atoms with Gasteiger partial charge in [-0.1, -0.05) is 23.2 Å². The van der Waals surface area contributed by atoms with Crippen molar-refractivity contribution in [2.75, 3.05) is 26.2 Å². The Labute approximate surface area is 136 Å². The van der Waals surface area contributed by atoms with E-state index in [4.69, 9.17) is 23.2 Å². The highest BCUT2D eigenvalue weighted by Crippen LogP contribution is 2.24. The van der Waals surface area contributed by atoms with Gasteiger partial charge in [0.05, 0.1) is 5.02 Å². The Morgan fingerprint density at radius 3 is 2.57 bits per heavy atom. The molecular formula is C14H20Cl2N2O2S. The first kappa shape index (κ1) is 17.0. The van der Waals surface area contributed by atoms with Crippen molar-refractivity contribution in [1.29, 1.82) is 0 Å². The second-order valence-electron chi connectivity index (χ2n) is 5.23. The van der Waals surface area contributed by atoms with Crippen LogP contribution in [-0.2, 0) is 10.0 Å². The van der Waals surface area contributed by atoms with Crippen LogP contribution in [0.15, 0.2) is 23.1 Å². The van der Waals surface area contributed by atoms with Crippen molar-refractivity contribution < 1.29 is 8.42 Å². The van der Waals surface area contributed by atoms with E-state index in [1.807, 2.05) is 0 Å². The summed E-state index contributed by atoms with van der Waals surface area (Å²) >= 11 is 11.7. The normalized spacial score (nSPS) is 16.5. The Hall–Kier alpha value is -0.330. The van der Waals surface area contributed by atoms with Gasteiger partial charge >= 0.3 is 0 Å². The van der Waals surface area contributed by atoms with Crippen molar-refractivity contribution in [1.82, 2.24) is 9.62 Å². The van der Waals surface area contributed by atoms with Crippen LogP contribution in [0.2, 0.25) is 10.0 Å². The molecule has 0 saturated carbocycles. The van der Waals surface area contributed by atoms with Gasteiger partial charge in [-0.15, -0.1) is 0 Å². The van der Waals surface area contributed by atoms with Crippen molar-refractivity contribution in [3.63, 3.8) is 0 Å². The number of halogens is 2. The number of benzene rings is 1. The minimum absolute atomic E-state index is 0.0382. The molecule has 1 N–H and O–H groups in total. The third kappa shape index (κ3) is 5.11. The number of hydrogen-bond donors (Lipinski definition) is 1. The molecule has 1 aromatic carbocycles. The minimum Gasteiger partial charge on any atom is -0.303 e. The molecule has 1 aromatic rings. The minimum atomic E-state index is -3.59. The number of hydrogen-bond acceptors (Lipinski definition) is 3. The van der Waals surface area contributed by atoms with Crippen molar-refractivity contribution in [3.8, 4) is 0 Å². The summed E-state index contributed by atoms with van der Waals surface area (Å²) in [7, 11) is -3.59. The van der Waals surface area contributed by atoms with Gasteiger partial charge in [-0.05, 0) is 63.5 Å². The van der Waals surface area contributed by atoms with E-state index in [9.17, 15) is 8.42 Å². The molecule has 0 bridgehead atoms.